The van der Waals surface area contributed by atoms with Crippen molar-refractivity contribution in [3.8, 4) is 0 Å². The molecule has 2 aromatic rings. The second kappa shape index (κ2) is 7.42. The third-order valence-electron chi connectivity index (χ3n) is 4.85. The van der Waals surface area contributed by atoms with Crippen LogP contribution in [0.1, 0.15) is 46.5 Å². The zero-order valence-electron chi connectivity index (χ0n) is 14.5. The third kappa shape index (κ3) is 3.94. The van der Waals surface area contributed by atoms with E-state index in [2.05, 4.69) is 18.8 Å². The first-order chi connectivity index (χ1) is 11.4. The highest BCUT2D eigenvalue weighted by atomic mass is 35.5. The number of piperidine rings is 1. The van der Waals surface area contributed by atoms with Crippen molar-refractivity contribution in [2.24, 2.45) is 11.1 Å². The van der Waals surface area contributed by atoms with Gasteiger partial charge < -0.3 is 15.6 Å². The standard InChI is InChI=1S/C19H23N3O2.ClH/c1-19(2)12-22(10-8-16(19)20)18(24)14-5-3-13(4-6-14)17(23)15-7-9-21-11-15;/h3-7,9,11,16,21H,8,10,12,20H2,1-2H3;1H. The summed E-state index contributed by atoms with van der Waals surface area (Å²) in [5, 5.41) is 0. The number of amides is 1. The van der Waals surface area contributed by atoms with Gasteiger partial charge in [-0.25, -0.2) is 0 Å². The van der Waals surface area contributed by atoms with E-state index in [1.165, 1.54) is 0 Å². The molecule has 1 aromatic carbocycles. The van der Waals surface area contributed by atoms with Crippen LogP contribution in [-0.2, 0) is 0 Å². The Morgan fingerprint density at radius 2 is 1.76 bits per heavy atom. The lowest BCUT2D eigenvalue weighted by Gasteiger charge is -2.42. The highest BCUT2D eigenvalue weighted by Gasteiger charge is 2.35. The fraction of sp³-hybridized carbons (Fsp3) is 0.368. The van der Waals surface area contributed by atoms with Crippen molar-refractivity contribution in [3.63, 3.8) is 0 Å². The predicted molar refractivity (Wildman–Crippen MR) is 100 cm³/mol. The van der Waals surface area contributed by atoms with Crippen molar-refractivity contribution in [1.29, 1.82) is 0 Å². The number of halogens is 1. The number of nitrogens with zero attached hydrogens (tertiary/aromatic N) is 1. The summed E-state index contributed by atoms with van der Waals surface area (Å²) in [5.74, 6) is -0.0593. The second-order valence-electron chi connectivity index (χ2n) is 7.12. The van der Waals surface area contributed by atoms with E-state index in [9.17, 15) is 9.59 Å². The van der Waals surface area contributed by atoms with Gasteiger partial charge in [-0.2, -0.15) is 0 Å². The SMILES string of the molecule is CC1(C)CN(C(=O)c2ccc(C(=O)c3cc[nH]c3)cc2)CCC1N.Cl. The largest absolute Gasteiger partial charge is 0.367 e. The maximum Gasteiger partial charge on any atom is 0.253 e. The molecule has 1 unspecified atom stereocenters. The van der Waals surface area contributed by atoms with Gasteiger partial charge >= 0.3 is 0 Å². The van der Waals surface area contributed by atoms with Gasteiger partial charge in [-0.15, -0.1) is 12.4 Å². The molecule has 1 amide bonds. The molecule has 1 fully saturated rings. The van der Waals surface area contributed by atoms with Gasteiger partial charge in [-0.1, -0.05) is 26.0 Å². The summed E-state index contributed by atoms with van der Waals surface area (Å²) < 4.78 is 0. The second-order valence-corrected chi connectivity index (χ2v) is 7.12. The van der Waals surface area contributed by atoms with Gasteiger partial charge in [0.25, 0.3) is 5.91 Å². The molecular weight excluding hydrogens is 338 g/mol. The van der Waals surface area contributed by atoms with Crippen molar-refractivity contribution < 1.29 is 9.59 Å². The van der Waals surface area contributed by atoms with E-state index in [4.69, 9.17) is 5.73 Å². The van der Waals surface area contributed by atoms with E-state index in [0.29, 0.717) is 29.8 Å². The van der Waals surface area contributed by atoms with E-state index in [1.54, 1.807) is 42.7 Å². The van der Waals surface area contributed by atoms with Crippen LogP contribution in [-0.4, -0.2) is 40.7 Å². The number of hydrogen-bond donors (Lipinski definition) is 2. The Bertz CT molecular complexity index is 739. The number of likely N-dealkylation sites (tertiary alicyclic amines) is 1. The average Bonchev–Trinajstić information content (AvgIpc) is 3.10. The predicted octanol–water partition coefficient (Wildman–Crippen LogP) is 2.87. The van der Waals surface area contributed by atoms with Gasteiger partial charge in [0.15, 0.2) is 5.78 Å². The monoisotopic (exact) mass is 361 g/mol. The van der Waals surface area contributed by atoms with Crippen LogP contribution in [0, 0.1) is 5.41 Å². The van der Waals surface area contributed by atoms with Crippen LogP contribution in [0.4, 0.5) is 0 Å². The Morgan fingerprint density at radius 1 is 1.12 bits per heavy atom. The molecule has 5 nitrogen and oxygen atoms in total. The molecule has 3 N–H and O–H groups in total. The first-order valence-electron chi connectivity index (χ1n) is 8.21. The van der Waals surface area contributed by atoms with Gasteiger partial charge in [0.05, 0.1) is 0 Å². The van der Waals surface area contributed by atoms with E-state index in [0.717, 1.165) is 6.42 Å². The zero-order valence-corrected chi connectivity index (χ0v) is 15.3. The molecular formula is C19H24ClN3O2. The number of H-pyrrole nitrogens is 1. The van der Waals surface area contributed by atoms with Crippen molar-refractivity contribution >= 4 is 24.1 Å². The molecule has 1 atom stereocenters. The van der Waals surface area contributed by atoms with E-state index in [-0.39, 0.29) is 35.6 Å². The molecule has 2 heterocycles. The fourth-order valence-corrected chi connectivity index (χ4v) is 3.13. The summed E-state index contributed by atoms with van der Waals surface area (Å²) >= 11 is 0. The van der Waals surface area contributed by atoms with Crippen molar-refractivity contribution in [3.05, 3.63) is 59.4 Å². The summed E-state index contributed by atoms with van der Waals surface area (Å²) in [6, 6.07) is 8.73. The summed E-state index contributed by atoms with van der Waals surface area (Å²) in [6.45, 7) is 5.51. The molecule has 0 radical (unpaired) electrons. The minimum absolute atomic E-state index is 0. The molecule has 134 valence electrons. The first kappa shape index (κ1) is 19.2. The zero-order chi connectivity index (χ0) is 17.3. The van der Waals surface area contributed by atoms with Crippen LogP contribution in [0.3, 0.4) is 0 Å². The Hall–Kier alpha value is -2.11. The Morgan fingerprint density at radius 3 is 2.32 bits per heavy atom. The lowest BCUT2D eigenvalue weighted by atomic mass is 9.79. The van der Waals surface area contributed by atoms with Crippen molar-refractivity contribution in [1.82, 2.24) is 9.88 Å². The number of nitrogens with one attached hydrogen (secondary N) is 1. The Labute approximate surface area is 154 Å². The molecule has 0 aliphatic carbocycles. The molecule has 0 spiro atoms. The highest BCUT2D eigenvalue weighted by molar-refractivity contribution is 6.09. The normalized spacial score (nSPS) is 19.2. The minimum Gasteiger partial charge on any atom is -0.367 e. The van der Waals surface area contributed by atoms with Crippen LogP contribution in [0.2, 0.25) is 0 Å². The molecule has 3 rings (SSSR count). The summed E-state index contributed by atoms with van der Waals surface area (Å²) in [5.41, 5.74) is 7.84. The van der Waals surface area contributed by atoms with Gasteiger partial charge in [-0.3, -0.25) is 9.59 Å². The smallest absolute Gasteiger partial charge is 0.253 e. The molecule has 1 aromatic heterocycles. The first-order valence-corrected chi connectivity index (χ1v) is 8.21. The number of carbonyl (C=O) groups is 2. The topological polar surface area (TPSA) is 79.2 Å². The summed E-state index contributed by atoms with van der Waals surface area (Å²) in [4.78, 5) is 29.7. The Balaban J connectivity index is 0.00000225. The number of benzene rings is 1. The van der Waals surface area contributed by atoms with Crippen LogP contribution in [0.15, 0.2) is 42.7 Å². The minimum atomic E-state index is -0.0852. The molecule has 1 aliphatic rings. The molecule has 1 aliphatic heterocycles. The average molecular weight is 362 g/mol. The van der Waals surface area contributed by atoms with E-state index in [1.807, 2.05) is 4.90 Å². The van der Waals surface area contributed by atoms with Crippen LogP contribution in [0.25, 0.3) is 0 Å². The lowest BCUT2D eigenvalue weighted by molar-refractivity contribution is 0.0533. The highest BCUT2D eigenvalue weighted by Crippen LogP contribution is 2.28. The van der Waals surface area contributed by atoms with Crippen LogP contribution in [0.5, 0.6) is 0 Å². The number of nitrogens with two attached hydrogens (primary N) is 1. The molecule has 0 bridgehead atoms. The third-order valence-corrected chi connectivity index (χ3v) is 4.85. The lowest BCUT2D eigenvalue weighted by Crippen LogP contribution is -2.53. The summed E-state index contributed by atoms with van der Waals surface area (Å²) in [7, 11) is 0. The molecule has 1 saturated heterocycles. The maximum absolute atomic E-state index is 12.7. The molecule has 25 heavy (non-hydrogen) atoms. The van der Waals surface area contributed by atoms with E-state index >= 15 is 0 Å². The van der Waals surface area contributed by atoms with Gasteiger partial charge in [0.2, 0.25) is 0 Å². The van der Waals surface area contributed by atoms with Crippen molar-refractivity contribution in [2.75, 3.05) is 13.1 Å². The van der Waals surface area contributed by atoms with Crippen LogP contribution >= 0.6 is 12.4 Å². The van der Waals surface area contributed by atoms with Gasteiger partial charge in [-0.05, 0) is 30.0 Å². The number of hydrogen-bond acceptors (Lipinski definition) is 3. The number of aromatic amines is 1. The summed E-state index contributed by atoms with van der Waals surface area (Å²) in [6.07, 6.45) is 4.19. The number of ketones is 1. The Kier molecular flexibility index (Phi) is 5.70. The number of carbonyl (C=O) groups excluding carboxylic acids is 2. The van der Waals surface area contributed by atoms with Gasteiger partial charge in [0, 0.05) is 48.2 Å². The quantitative estimate of drug-likeness (QED) is 0.825. The number of aromatic nitrogens is 1. The van der Waals surface area contributed by atoms with Crippen molar-refractivity contribution in [2.45, 2.75) is 26.3 Å². The van der Waals surface area contributed by atoms with Crippen LogP contribution < -0.4 is 5.73 Å². The van der Waals surface area contributed by atoms with E-state index < -0.39 is 0 Å². The fourth-order valence-electron chi connectivity index (χ4n) is 3.13. The maximum atomic E-state index is 12.7. The molecule has 0 saturated carbocycles. The number of rotatable bonds is 3. The van der Waals surface area contributed by atoms with Gasteiger partial charge in [0.1, 0.15) is 0 Å². The molecule has 6 heteroatoms.